The maximum atomic E-state index is 12.0. The number of phenols is 1. The molecule has 0 saturated heterocycles. The van der Waals surface area contributed by atoms with Gasteiger partial charge in [0.05, 0.1) is 12.7 Å². The number of alkyl halides is 3. The van der Waals surface area contributed by atoms with Crippen LogP contribution in [-0.2, 0) is 4.74 Å². The van der Waals surface area contributed by atoms with Crippen molar-refractivity contribution in [2.24, 2.45) is 0 Å². The van der Waals surface area contributed by atoms with Gasteiger partial charge in [-0.2, -0.15) is 5.26 Å². The summed E-state index contributed by atoms with van der Waals surface area (Å²) in [5, 5.41) is 18.1. The predicted octanol–water partition coefficient (Wildman–Crippen LogP) is 1.95. The topological polar surface area (TPSA) is 79.6 Å². The summed E-state index contributed by atoms with van der Waals surface area (Å²) in [5.41, 5.74) is -1.00. The molecular weight excluding hydrogens is 255 g/mol. The summed E-state index contributed by atoms with van der Waals surface area (Å²) < 4.78 is 43.7. The number of halogens is 3. The smallest absolute Gasteiger partial charge is 0.507 e. The molecule has 0 bridgehead atoms. The van der Waals surface area contributed by atoms with Gasteiger partial charge in [-0.1, -0.05) is 0 Å². The summed E-state index contributed by atoms with van der Waals surface area (Å²) in [6.45, 7) is 0. The molecule has 0 radical (unpaired) electrons. The number of nitrogens with zero attached hydrogens (tertiary/aromatic N) is 1. The molecule has 0 aliphatic rings. The second-order valence-electron chi connectivity index (χ2n) is 3.02. The second kappa shape index (κ2) is 4.83. The zero-order chi connectivity index (χ0) is 13.9. The number of esters is 1. The maximum Gasteiger partial charge on any atom is 0.573 e. The average Bonchev–Trinajstić information content (AvgIpc) is 2.24. The Kier molecular flexibility index (Phi) is 3.66. The molecule has 0 amide bonds. The van der Waals surface area contributed by atoms with Crippen LogP contribution in [0.5, 0.6) is 11.5 Å². The van der Waals surface area contributed by atoms with Crippen LogP contribution in [0.4, 0.5) is 13.2 Å². The number of aromatic hydroxyl groups is 1. The van der Waals surface area contributed by atoms with Crippen molar-refractivity contribution in [3.63, 3.8) is 0 Å². The van der Waals surface area contributed by atoms with Gasteiger partial charge in [0.15, 0.2) is 0 Å². The van der Waals surface area contributed by atoms with Crippen LogP contribution in [-0.4, -0.2) is 24.5 Å². The Balaban J connectivity index is 3.29. The summed E-state index contributed by atoms with van der Waals surface area (Å²) in [6.07, 6.45) is -4.97. The van der Waals surface area contributed by atoms with E-state index >= 15 is 0 Å². The molecule has 96 valence electrons. The van der Waals surface area contributed by atoms with Crippen molar-refractivity contribution < 1.29 is 32.5 Å². The third-order valence-corrected chi connectivity index (χ3v) is 1.83. The molecule has 1 N–H and O–H groups in total. The molecule has 1 aromatic carbocycles. The van der Waals surface area contributed by atoms with Crippen LogP contribution in [0.1, 0.15) is 15.9 Å². The van der Waals surface area contributed by atoms with Crippen LogP contribution < -0.4 is 4.74 Å². The Hall–Kier alpha value is -2.43. The fraction of sp³-hybridized carbons (Fsp3) is 0.200. The summed E-state index contributed by atoms with van der Waals surface area (Å²) >= 11 is 0. The largest absolute Gasteiger partial charge is 0.573 e. The summed E-state index contributed by atoms with van der Waals surface area (Å²) in [4.78, 5) is 11.2. The monoisotopic (exact) mass is 261 g/mol. The molecular formula is C10H6F3NO4. The molecule has 0 spiro atoms. The van der Waals surface area contributed by atoms with Crippen LogP contribution >= 0.6 is 0 Å². The molecule has 0 atom stereocenters. The van der Waals surface area contributed by atoms with Crippen molar-refractivity contribution in [2.45, 2.75) is 6.36 Å². The fourth-order valence-corrected chi connectivity index (χ4v) is 1.20. The van der Waals surface area contributed by atoms with Gasteiger partial charge in [0.25, 0.3) is 0 Å². The molecule has 0 aliphatic heterocycles. The van der Waals surface area contributed by atoms with E-state index in [0.29, 0.717) is 12.1 Å². The maximum absolute atomic E-state index is 12.0. The van der Waals surface area contributed by atoms with Gasteiger partial charge in [-0.05, 0) is 6.07 Å². The van der Waals surface area contributed by atoms with E-state index in [1.54, 1.807) is 0 Å². The minimum absolute atomic E-state index is 0.485. The average molecular weight is 261 g/mol. The van der Waals surface area contributed by atoms with Gasteiger partial charge in [0, 0.05) is 6.07 Å². The van der Waals surface area contributed by atoms with Crippen LogP contribution in [0.15, 0.2) is 12.1 Å². The lowest BCUT2D eigenvalue weighted by molar-refractivity contribution is -0.274. The second-order valence-corrected chi connectivity index (χ2v) is 3.02. The lowest BCUT2D eigenvalue weighted by Gasteiger charge is -2.11. The molecule has 0 fully saturated rings. The first-order chi connectivity index (χ1) is 8.28. The Bertz CT molecular complexity index is 519. The number of rotatable bonds is 2. The first-order valence-electron chi connectivity index (χ1n) is 4.39. The van der Waals surface area contributed by atoms with Crippen molar-refractivity contribution in [1.29, 1.82) is 5.26 Å². The third-order valence-electron chi connectivity index (χ3n) is 1.83. The zero-order valence-electron chi connectivity index (χ0n) is 8.91. The molecule has 0 aromatic heterocycles. The highest BCUT2D eigenvalue weighted by Crippen LogP contribution is 2.31. The van der Waals surface area contributed by atoms with Gasteiger partial charge in [0.2, 0.25) is 0 Å². The first-order valence-corrected chi connectivity index (χ1v) is 4.39. The Morgan fingerprint density at radius 1 is 1.44 bits per heavy atom. The lowest BCUT2D eigenvalue weighted by atomic mass is 10.1. The van der Waals surface area contributed by atoms with E-state index in [0.717, 1.165) is 7.11 Å². The SMILES string of the molecule is COC(=O)c1c(O)cc(OC(F)(F)F)cc1C#N. The summed E-state index contributed by atoms with van der Waals surface area (Å²) in [5.74, 6) is -2.67. The molecule has 0 saturated carbocycles. The van der Waals surface area contributed by atoms with Crippen molar-refractivity contribution in [1.82, 2.24) is 0 Å². The van der Waals surface area contributed by atoms with E-state index in [-0.39, 0.29) is 0 Å². The summed E-state index contributed by atoms with van der Waals surface area (Å²) in [6, 6.07) is 2.72. The number of hydrogen-bond donors (Lipinski definition) is 1. The molecule has 0 unspecified atom stereocenters. The van der Waals surface area contributed by atoms with Crippen molar-refractivity contribution in [3.05, 3.63) is 23.3 Å². The number of phenolic OH excluding ortho intramolecular Hbond substituents is 1. The van der Waals surface area contributed by atoms with Gasteiger partial charge in [0.1, 0.15) is 23.1 Å². The zero-order valence-corrected chi connectivity index (χ0v) is 8.91. The molecule has 18 heavy (non-hydrogen) atoms. The highest BCUT2D eigenvalue weighted by molar-refractivity contribution is 5.95. The van der Waals surface area contributed by atoms with E-state index in [4.69, 9.17) is 5.26 Å². The molecule has 0 heterocycles. The normalized spacial score (nSPS) is 10.6. The van der Waals surface area contributed by atoms with Crippen LogP contribution in [0.3, 0.4) is 0 Å². The lowest BCUT2D eigenvalue weighted by Crippen LogP contribution is -2.17. The quantitative estimate of drug-likeness (QED) is 0.823. The highest BCUT2D eigenvalue weighted by Gasteiger charge is 2.32. The third kappa shape index (κ3) is 3.04. The van der Waals surface area contributed by atoms with Crippen LogP contribution in [0, 0.1) is 11.3 Å². The van der Waals surface area contributed by atoms with Gasteiger partial charge < -0.3 is 14.6 Å². The number of benzene rings is 1. The number of carbonyl (C=O) groups excluding carboxylic acids is 1. The van der Waals surface area contributed by atoms with Crippen LogP contribution in [0.25, 0.3) is 0 Å². The molecule has 0 aliphatic carbocycles. The van der Waals surface area contributed by atoms with Gasteiger partial charge >= 0.3 is 12.3 Å². The Morgan fingerprint density at radius 2 is 2.06 bits per heavy atom. The standard InChI is InChI=1S/C10H6F3NO4/c1-17-9(16)8-5(4-14)2-6(3-7(8)15)18-10(11,12)13/h2-3,15H,1H3. The van der Waals surface area contributed by atoms with Crippen molar-refractivity contribution in [2.75, 3.05) is 7.11 Å². The Morgan fingerprint density at radius 3 is 2.50 bits per heavy atom. The molecule has 8 heteroatoms. The highest BCUT2D eigenvalue weighted by atomic mass is 19.4. The minimum Gasteiger partial charge on any atom is -0.507 e. The number of carbonyl (C=O) groups is 1. The predicted molar refractivity (Wildman–Crippen MR) is 50.8 cm³/mol. The number of methoxy groups -OCH3 is 1. The molecule has 5 nitrogen and oxygen atoms in total. The summed E-state index contributed by atoms with van der Waals surface area (Å²) in [7, 11) is 1.00. The van der Waals surface area contributed by atoms with E-state index in [1.807, 2.05) is 0 Å². The fourth-order valence-electron chi connectivity index (χ4n) is 1.20. The van der Waals surface area contributed by atoms with E-state index in [9.17, 15) is 23.1 Å². The van der Waals surface area contributed by atoms with Gasteiger partial charge in [-0.15, -0.1) is 13.2 Å². The van der Waals surface area contributed by atoms with E-state index < -0.39 is 35.0 Å². The minimum atomic E-state index is -4.97. The van der Waals surface area contributed by atoms with Gasteiger partial charge in [-0.25, -0.2) is 4.79 Å². The van der Waals surface area contributed by atoms with Crippen molar-refractivity contribution >= 4 is 5.97 Å². The van der Waals surface area contributed by atoms with Crippen LogP contribution in [0.2, 0.25) is 0 Å². The first kappa shape index (κ1) is 13.6. The number of nitriles is 1. The van der Waals surface area contributed by atoms with E-state index in [2.05, 4.69) is 9.47 Å². The Labute approximate surface area is 99.0 Å². The molecule has 1 aromatic rings. The number of hydrogen-bond acceptors (Lipinski definition) is 5. The van der Waals surface area contributed by atoms with E-state index in [1.165, 1.54) is 6.07 Å². The van der Waals surface area contributed by atoms with Crippen molar-refractivity contribution in [3.8, 4) is 17.6 Å². The van der Waals surface area contributed by atoms with Gasteiger partial charge in [-0.3, -0.25) is 0 Å². The molecule has 1 rings (SSSR count). The number of ether oxygens (including phenoxy) is 2.